The van der Waals surface area contributed by atoms with Gasteiger partial charge in [0.05, 0.1) is 22.0 Å². The molecule has 1 aromatic carbocycles. The van der Waals surface area contributed by atoms with Crippen LogP contribution in [0.25, 0.3) is 10.2 Å². The van der Waals surface area contributed by atoms with Crippen LogP contribution in [0, 0.1) is 0 Å². The molecule has 2 aromatic heterocycles. The number of methoxy groups -OCH3 is 1. The van der Waals surface area contributed by atoms with Crippen molar-refractivity contribution in [3.05, 3.63) is 60.4 Å². The Balaban J connectivity index is 2.08. The van der Waals surface area contributed by atoms with Gasteiger partial charge >= 0.3 is 5.97 Å². The standard InChI is InChI=1S/C16H12Cl2N2O4S/c1-24-6-8-12-14(21)19-11(20-15(12)25-13(8)16(22)23)5-7-2-3-9(17)10(18)4-7/h2-4H,5-6H2,1H3,(H,22,23)(H,19,20,21). The molecule has 0 bridgehead atoms. The van der Waals surface area contributed by atoms with E-state index in [2.05, 4.69) is 9.97 Å². The Kier molecular flexibility index (Phi) is 5.10. The molecule has 0 spiro atoms. The average Bonchev–Trinajstić information content (AvgIpc) is 2.91. The fourth-order valence-corrected chi connectivity index (χ4v) is 3.85. The van der Waals surface area contributed by atoms with E-state index in [-0.39, 0.29) is 16.9 Å². The van der Waals surface area contributed by atoms with Crippen molar-refractivity contribution < 1.29 is 14.6 Å². The Morgan fingerprint density at radius 2 is 2.12 bits per heavy atom. The van der Waals surface area contributed by atoms with Crippen LogP contribution in [0.1, 0.15) is 26.6 Å². The lowest BCUT2D eigenvalue weighted by Gasteiger charge is -2.04. The average molecular weight is 399 g/mol. The number of halogens is 2. The first-order valence-electron chi connectivity index (χ1n) is 7.11. The zero-order valence-electron chi connectivity index (χ0n) is 12.9. The predicted octanol–water partition coefficient (Wildman–Crippen LogP) is 3.73. The molecule has 0 aliphatic carbocycles. The summed E-state index contributed by atoms with van der Waals surface area (Å²) in [5.41, 5.74) is 0.768. The van der Waals surface area contributed by atoms with E-state index >= 15 is 0 Å². The maximum atomic E-state index is 12.5. The van der Waals surface area contributed by atoms with Gasteiger partial charge in [0.25, 0.3) is 5.56 Å². The number of rotatable bonds is 5. The molecule has 0 aliphatic rings. The quantitative estimate of drug-likeness (QED) is 0.682. The number of hydrogen-bond donors (Lipinski definition) is 2. The van der Waals surface area contributed by atoms with Gasteiger partial charge in [-0.15, -0.1) is 11.3 Å². The topological polar surface area (TPSA) is 92.3 Å². The highest BCUT2D eigenvalue weighted by Crippen LogP contribution is 2.29. The van der Waals surface area contributed by atoms with E-state index in [0.29, 0.717) is 32.7 Å². The maximum absolute atomic E-state index is 12.5. The molecule has 6 nitrogen and oxygen atoms in total. The van der Waals surface area contributed by atoms with Crippen molar-refractivity contribution in [3.8, 4) is 0 Å². The molecule has 3 aromatic rings. The van der Waals surface area contributed by atoms with Gasteiger partial charge in [0, 0.05) is 19.1 Å². The van der Waals surface area contributed by atoms with E-state index in [1.54, 1.807) is 18.2 Å². The number of benzene rings is 1. The van der Waals surface area contributed by atoms with Crippen LogP contribution in [0.4, 0.5) is 0 Å². The summed E-state index contributed by atoms with van der Waals surface area (Å²) >= 11 is 12.9. The number of aromatic nitrogens is 2. The number of carboxylic acid groups (broad SMARTS) is 1. The molecule has 0 amide bonds. The molecule has 0 saturated carbocycles. The van der Waals surface area contributed by atoms with Gasteiger partial charge in [-0.1, -0.05) is 29.3 Å². The number of hydrogen-bond acceptors (Lipinski definition) is 5. The number of aromatic amines is 1. The number of nitrogens with one attached hydrogen (secondary N) is 1. The van der Waals surface area contributed by atoms with Gasteiger partial charge in [-0.3, -0.25) is 4.79 Å². The van der Waals surface area contributed by atoms with Gasteiger partial charge < -0.3 is 14.8 Å². The van der Waals surface area contributed by atoms with Crippen molar-refractivity contribution >= 4 is 50.7 Å². The zero-order valence-corrected chi connectivity index (χ0v) is 15.3. The molecule has 130 valence electrons. The van der Waals surface area contributed by atoms with Gasteiger partial charge in [0.15, 0.2) is 0 Å². The fourth-order valence-electron chi connectivity index (χ4n) is 2.49. The lowest BCUT2D eigenvalue weighted by atomic mass is 10.1. The molecule has 2 heterocycles. The van der Waals surface area contributed by atoms with Crippen molar-refractivity contribution in [2.24, 2.45) is 0 Å². The van der Waals surface area contributed by atoms with E-state index in [1.165, 1.54) is 7.11 Å². The largest absolute Gasteiger partial charge is 0.477 e. The normalized spacial score (nSPS) is 11.2. The summed E-state index contributed by atoms with van der Waals surface area (Å²) in [6.45, 7) is 0.0263. The summed E-state index contributed by atoms with van der Waals surface area (Å²) in [5.74, 6) is -0.696. The van der Waals surface area contributed by atoms with Crippen molar-refractivity contribution in [1.82, 2.24) is 9.97 Å². The van der Waals surface area contributed by atoms with Crippen LogP contribution in [0.2, 0.25) is 10.0 Å². The molecule has 0 radical (unpaired) electrons. The summed E-state index contributed by atoms with van der Waals surface area (Å²) in [5, 5.41) is 10.4. The fraction of sp³-hybridized carbons (Fsp3) is 0.188. The smallest absolute Gasteiger partial charge is 0.346 e. The summed E-state index contributed by atoms with van der Waals surface area (Å²) < 4.78 is 5.03. The molecule has 25 heavy (non-hydrogen) atoms. The van der Waals surface area contributed by atoms with Crippen molar-refractivity contribution in [2.75, 3.05) is 7.11 Å². The van der Waals surface area contributed by atoms with E-state index in [1.807, 2.05) is 0 Å². The molecule has 9 heteroatoms. The number of nitrogens with zero attached hydrogens (tertiary/aromatic N) is 1. The van der Waals surface area contributed by atoms with Gasteiger partial charge in [-0.05, 0) is 17.7 Å². The Morgan fingerprint density at radius 1 is 1.36 bits per heavy atom. The predicted molar refractivity (Wildman–Crippen MR) is 97.2 cm³/mol. The second-order valence-electron chi connectivity index (χ2n) is 5.27. The van der Waals surface area contributed by atoms with Crippen LogP contribution in [0.3, 0.4) is 0 Å². The molecule has 0 aliphatic heterocycles. The van der Waals surface area contributed by atoms with E-state index in [9.17, 15) is 14.7 Å². The third-order valence-electron chi connectivity index (χ3n) is 3.55. The maximum Gasteiger partial charge on any atom is 0.346 e. The SMILES string of the molecule is COCc1c(C(=O)O)sc2nc(Cc3ccc(Cl)c(Cl)c3)[nH]c(=O)c12. The Morgan fingerprint density at radius 3 is 2.76 bits per heavy atom. The van der Waals surface area contributed by atoms with E-state index < -0.39 is 11.5 Å². The number of thiophene rings is 1. The second kappa shape index (κ2) is 7.13. The van der Waals surface area contributed by atoms with Crippen LogP contribution >= 0.6 is 34.5 Å². The highest BCUT2D eigenvalue weighted by molar-refractivity contribution is 7.20. The third-order valence-corrected chi connectivity index (χ3v) is 5.40. The number of H-pyrrole nitrogens is 1. The number of fused-ring (bicyclic) bond motifs is 1. The summed E-state index contributed by atoms with van der Waals surface area (Å²) in [6, 6.07) is 5.15. The van der Waals surface area contributed by atoms with Crippen molar-refractivity contribution in [3.63, 3.8) is 0 Å². The Labute approximate surface area is 156 Å². The van der Waals surface area contributed by atoms with Crippen LogP contribution in [0.5, 0.6) is 0 Å². The van der Waals surface area contributed by atoms with Crippen LogP contribution < -0.4 is 5.56 Å². The first kappa shape index (κ1) is 17.9. The lowest BCUT2D eigenvalue weighted by Crippen LogP contribution is -2.13. The van der Waals surface area contributed by atoms with Gasteiger partial charge in [0.2, 0.25) is 0 Å². The first-order valence-corrected chi connectivity index (χ1v) is 8.68. The first-order chi connectivity index (χ1) is 11.9. The highest BCUT2D eigenvalue weighted by Gasteiger charge is 2.21. The molecular weight excluding hydrogens is 387 g/mol. The molecule has 0 saturated heterocycles. The molecule has 0 atom stereocenters. The number of carboxylic acids is 1. The molecular formula is C16H12Cl2N2O4S. The van der Waals surface area contributed by atoms with Crippen LogP contribution in [-0.4, -0.2) is 28.2 Å². The molecule has 0 fully saturated rings. The molecule has 0 unspecified atom stereocenters. The number of carbonyl (C=O) groups is 1. The van der Waals surface area contributed by atoms with E-state index in [4.69, 9.17) is 27.9 Å². The van der Waals surface area contributed by atoms with Gasteiger partial charge in [-0.2, -0.15) is 0 Å². The summed E-state index contributed by atoms with van der Waals surface area (Å²) in [4.78, 5) is 31.4. The minimum atomic E-state index is -1.11. The Bertz CT molecular complexity index is 1030. The van der Waals surface area contributed by atoms with Crippen molar-refractivity contribution in [2.45, 2.75) is 13.0 Å². The lowest BCUT2D eigenvalue weighted by molar-refractivity contribution is 0.0698. The minimum Gasteiger partial charge on any atom is -0.477 e. The second-order valence-corrected chi connectivity index (χ2v) is 7.08. The van der Waals surface area contributed by atoms with E-state index in [0.717, 1.165) is 16.9 Å². The summed E-state index contributed by atoms with van der Waals surface area (Å²) in [7, 11) is 1.44. The third kappa shape index (κ3) is 3.55. The highest BCUT2D eigenvalue weighted by atomic mass is 35.5. The van der Waals surface area contributed by atoms with Crippen LogP contribution in [-0.2, 0) is 17.8 Å². The number of ether oxygens (including phenoxy) is 1. The molecule has 3 rings (SSSR count). The number of aromatic carboxylic acids is 1. The van der Waals surface area contributed by atoms with Gasteiger partial charge in [-0.25, -0.2) is 9.78 Å². The Hall–Kier alpha value is -1.93. The van der Waals surface area contributed by atoms with Gasteiger partial charge in [0.1, 0.15) is 15.5 Å². The zero-order chi connectivity index (χ0) is 18.1. The molecule has 2 N–H and O–H groups in total. The minimum absolute atomic E-state index is 0.0263. The monoisotopic (exact) mass is 398 g/mol. The van der Waals surface area contributed by atoms with Crippen LogP contribution in [0.15, 0.2) is 23.0 Å². The van der Waals surface area contributed by atoms with Crippen molar-refractivity contribution in [1.29, 1.82) is 0 Å². The summed E-state index contributed by atoms with van der Waals surface area (Å²) in [6.07, 6.45) is 0.335.